The molecule has 1 saturated carbocycles. The Bertz CT molecular complexity index is 1210. The van der Waals surface area contributed by atoms with E-state index in [1.165, 1.54) is 37.7 Å². The molecule has 3 aromatic carbocycles. The predicted octanol–water partition coefficient (Wildman–Crippen LogP) is 7.83. The highest BCUT2D eigenvalue weighted by Crippen LogP contribution is 2.33. The van der Waals surface area contributed by atoms with Gasteiger partial charge in [-0.2, -0.15) is 0 Å². The fraction of sp³-hybridized carbons (Fsp3) is 0.333. The van der Waals surface area contributed by atoms with Gasteiger partial charge in [-0.3, -0.25) is 4.79 Å². The molecule has 0 atom stereocenters. The van der Waals surface area contributed by atoms with Gasteiger partial charge >= 0.3 is 5.97 Å². The SMILES string of the molecule is CCOC(=O)c1ccc(N(Cc2ccc(Cl)cc2Cl)C(=O)COc2ccc(C3CCCCC3)cc2)cc1. The van der Waals surface area contributed by atoms with Gasteiger partial charge in [-0.15, -0.1) is 0 Å². The Morgan fingerprint density at radius 1 is 0.919 bits per heavy atom. The molecule has 0 N–H and O–H groups in total. The molecule has 0 aliphatic heterocycles. The van der Waals surface area contributed by atoms with Crippen LogP contribution in [0.5, 0.6) is 5.75 Å². The lowest BCUT2D eigenvalue weighted by atomic mass is 9.84. The van der Waals surface area contributed by atoms with Crippen molar-refractivity contribution >= 4 is 40.8 Å². The second-order valence-corrected chi connectivity index (χ2v) is 10.0. The van der Waals surface area contributed by atoms with E-state index < -0.39 is 5.97 Å². The first-order valence-electron chi connectivity index (χ1n) is 12.7. The lowest BCUT2D eigenvalue weighted by Crippen LogP contribution is -2.34. The van der Waals surface area contributed by atoms with Crippen LogP contribution in [0, 0.1) is 0 Å². The summed E-state index contributed by atoms with van der Waals surface area (Å²) in [4.78, 5) is 27.0. The van der Waals surface area contributed by atoms with Crippen molar-refractivity contribution in [2.75, 3.05) is 18.1 Å². The van der Waals surface area contributed by atoms with Crippen LogP contribution in [0.2, 0.25) is 10.0 Å². The molecule has 1 amide bonds. The van der Waals surface area contributed by atoms with Gasteiger partial charge < -0.3 is 14.4 Å². The van der Waals surface area contributed by atoms with Gasteiger partial charge in [0.25, 0.3) is 5.91 Å². The van der Waals surface area contributed by atoms with Gasteiger partial charge in [-0.25, -0.2) is 4.79 Å². The number of rotatable bonds is 9. The number of hydrogen-bond donors (Lipinski definition) is 0. The highest BCUT2D eigenvalue weighted by Gasteiger charge is 2.20. The van der Waals surface area contributed by atoms with E-state index >= 15 is 0 Å². The Labute approximate surface area is 228 Å². The third kappa shape index (κ3) is 7.27. The van der Waals surface area contributed by atoms with Crippen molar-refractivity contribution in [2.45, 2.75) is 51.5 Å². The quantitative estimate of drug-likeness (QED) is 0.260. The molecule has 0 aromatic heterocycles. The van der Waals surface area contributed by atoms with Crippen LogP contribution < -0.4 is 9.64 Å². The molecule has 0 bridgehead atoms. The minimum Gasteiger partial charge on any atom is -0.484 e. The topological polar surface area (TPSA) is 55.8 Å². The van der Waals surface area contributed by atoms with Crippen molar-refractivity contribution in [3.63, 3.8) is 0 Å². The van der Waals surface area contributed by atoms with E-state index in [0.29, 0.717) is 39.6 Å². The van der Waals surface area contributed by atoms with E-state index in [1.807, 2.05) is 12.1 Å². The van der Waals surface area contributed by atoms with Crippen molar-refractivity contribution in [3.8, 4) is 5.75 Å². The molecule has 5 nitrogen and oxygen atoms in total. The first kappa shape index (κ1) is 27.0. The molecule has 0 spiro atoms. The van der Waals surface area contributed by atoms with E-state index in [1.54, 1.807) is 54.3 Å². The minimum absolute atomic E-state index is 0.145. The van der Waals surface area contributed by atoms with Crippen LogP contribution in [-0.4, -0.2) is 25.1 Å². The molecule has 0 unspecified atom stereocenters. The summed E-state index contributed by atoms with van der Waals surface area (Å²) in [6, 6.07) is 20.0. The summed E-state index contributed by atoms with van der Waals surface area (Å²) in [7, 11) is 0. The Hall–Kier alpha value is -3.02. The summed E-state index contributed by atoms with van der Waals surface area (Å²) in [5, 5.41) is 0.984. The first-order chi connectivity index (χ1) is 17.9. The molecular formula is C30H31Cl2NO4. The van der Waals surface area contributed by atoms with Gasteiger partial charge in [-0.1, -0.05) is 60.7 Å². The maximum atomic E-state index is 13.4. The van der Waals surface area contributed by atoms with Crippen LogP contribution >= 0.6 is 23.2 Å². The number of carbonyl (C=O) groups is 2. The molecule has 4 rings (SSSR count). The molecule has 1 aliphatic rings. The maximum Gasteiger partial charge on any atom is 0.338 e. The van der Waals surface area contributed by atoms with Gasteiger partial charge in [-0.05, 0) is 85.3 Å². The maximum absolute atomic E-state index is 13.4. The second-order valence-electron chi connectivity index (χ2n) is 9.18. The van der Waals surface area contributed by atoms with Crippen molar-refractivity contribution in [1.82, 2.24) is 0 Å². The van der Waals surface area contributed by atoms with Crippen molar-refractivity contribution in [3.05, 3.63) is 93.5 Å². The number of amides is 1. The van der Waals surface area contributed by atoms with E-state index in [-0.39, 0.29) is 19.1 Å². The molecule has 0 saturated heterocycles. The van der Waals surface area contributed by atoms with Gasteiger partial charge in [0, 0.05) is 15.7 Å². The minimum atomic E-state index is -0.410. The molecule has 1 aliphatic carbocycles. The summed E-state index contributed by atoms with van der Waals surface area (Å²) >= 11 is 12.5. The van der Waals surface area contributed by atoms with Gasteiger partial charge in [0.05, 0.1) is 18.7 Å². The lowest BCUT2D eigenvalue weighted by molar-refractivity contribution is -0.120. The van der Waals surface area contributed by atoms with Crippen LogP contribution in [0.15, 0.2) is 66.7 Å². The van der Waals surface area contributed by atoms with E-state index in [2.05, 4.69) is 12.1 Å². The number of nitrogens with zero attached hydrogens (tertiary/aromatic N) is 1. The molecule has 37 heavy (non-hydrogen) atoms. The predicted molar refractivity (Wildman–Crippen MR) is 148 cm³/mol. The molecule has 194 valence electrons. The van der Waals surface area contributed by atoms with Crippen LogP contribution in [0.25, 0.3) is 0 Å². The summed E-state index contributed by atoms with van der Waals surface area (Å²) in [5.74, 6) is 0.607. The average molecular weight is 540 g/mol. The fourth-order valence-corrected chi connectivity index (χ4v) is 5.10. The summed E-state index contributed by atoms with van der Waals surface area (Å²) < 4.78 is 10.9. The zero-order valence-corrected chi connectivity index (χ0v) is 22.4. The fourth-order valence-electron chi connectivity index (χ4n) is 4.63. The Morgan fingerprint density at radius 2 is 1.62 bits per heavy atom. The molecule has 1 fully saturated rings. The number of esters is 1. The van der Waals surface area contributed by atoms with E-state index in [0.717, 1.165) is 5.56 Å². The van der Waals surface area contributed by atoms with Gasteiger partial charge in [0.15, 0.2) is 6.61 Å². The largest absolute Gasteiger partial charge is 0.484 e. The summed E-state index contributed by atoms with van der Waals surface area (Å²) in [5.41, 5.74) is 3.10. The smallest absolute Gasteiger partial charge is 0.338 e. The van der Waals surface area contributed by atoms with Gasteiger partial charge in [0.1, 0.15) is 5.75 Å². The number of halogens is 2. The van der Waals surface area contributed by atoms with Crippen LogP contribution in [0.4, 0.5) is 5.69 Å². The third-order valence-electron chi connectivity index (χ3n) is 6.65. The molecule has 0 heterocycles. The number of carbonyl (C=O) groups excluding carboxylic acids is 2. The Balaban J connectivity index is 1.48. The number of anilines is 1. The molecule has 3 aromatic rings. The standard InChI is InChI=1S/C30H31Cl2NO4/c1-2-36-30(35)23-9-14-26(15-10-23)33(19-24-8-13-25(31)18-28(24)32)29(34)20-37-27-16-11-22(12-17-27)21-6-4-3-5-7-21/h8-18,21H,2-7,19-20H2,1H3. The molecule has 0 radical (unpaired) electrons. The number of benzene rings is 3. The van der Waals surface area contributed by atoms with Crippen molar-refractivity contribution < 1.29 is 19.1 Å². The monoisotopic (exact) mass is 539 g/mol. The van der Waals surface area contributed by atoms with Crippen molar-refractivity contribution in [2.24, 2.45) is 0 Å². The third-order valence-corrected chi connectivity index (χ3v) is 7.24. The highest BCUT2D eigenvalue weighted by molar-refractivity contribution is 6.35. The van der Waals surface area contributed by atoms with Gasteiger partial charge in [0.2, 0.25) is 0 Å². The number of hydrogen-bond acceptors (Lipinski definition) is 4. The zero-order chi connectivity index (χ0) is 26.2. The van der Waals surface area contributed by atoms with Crippen LogP contribution in [-0.2, 0) is 16.1 Å². The van der Waals surface area contributed by atoms with E-state index in [4.69, 9.17) is 32.7 Å². The van der Waals surface area contributed by atoms with E-state index in [9.17, 15) is 9.59 Å². The Morgan fingerprint density at radius 3 is 2.27 bits per heavy atom. The van der Waals surface area contributed by atoms with Crippen LogP contribution in [0.1, 0.15) is 66.4 Å². The first-order valence-corrected chi connectivity index (χ1v) is 13.4. The Kier molecular flexibility index (Phi) is 9.48. The zero-order valence-electron chi connectivity index (χ0n) is 20.9. The lowest BCUT2D eigenvalue weighted by Gasteiger charge is -2.24. The summed E-state index contributed by atoms with van der Waals surface area (Å²) in [6.45, 7) is 2.12. The van der Waals surface area contributed by atoms with Crippen molar-refractivity contribution in [1.29, 1.82) is 0 Å². The molecular weight excluding hydrogens is 509 g/mol. The highest BCUT2D eigenvalue weighted by atomic mass is 35.5. The number of ether oxygens (including phenoxy) is 2. The summed E-state index contributed by atoms with van der Waals surface area (Å²) in [6.07, 6.45) is 6.35. The normalized spacial score (nSPS) is 13.7. The second kappa shape index (κ2) is 13.0. The molecule has 7 heteroatoms. The van der Waals surface area contributed by atoms with Crippen LogP contribution in [0.3, 0.4) is 0 Å². The average Bonchev–Trinajstić information content (AvgIpc) is 2.92.